The number of sulfonamides is 1. The van der Waals surface area contributed by atoms with E-state index in [1.807, 2.05) is 30.3 Å². The van der Waals surface area contributed by atoms with Crippen LogP contribution in [0.4, 0.5) is 5.13 Å². The lowest BCUT2D eigenvalue weighted by Gasteiger charge is -2.20. The summed E-state index contributed by atoms with van der Waals surface area (Å²) in [5.74, 6) is -0.257. The number of fused-ring (bicyclic) bond motifs is 1. The highest BCUT2D eigenvalue weighted by molar-refractivity contribution is 7.89. The van der Waals surface area contributed by atoms with E-state index < -0.39 is 10.0 Å². The van der Waals surface area contributed by atoms with Crippen LogP contribution in [0.15, 0.2) is 71.8 Å². The molecule has 9 heteroatoms. The van der Waals surface area contributed by atoms with Crippen LogP contribution in [-0.2, 0) is 23.0 Å². The smallest absolute Gasteiger partial charge is 0.260 e. The Kier molecular flexibility index (Phi) is 6.39. The molecule has 0 N–H and O–H groups in total. The maximum atomic E-state index is 13.7. The molecule has 7 nitrogen and oxygen atoms in total. The minimum atomic E-state index is -3.58. The SMILES string of the molecule is CCc1cccc2sc(N(Cc3ccccn3)C(=O)c3ccc(S(=O)(=O)N(C)C4CC4)cc3)nc12. The van der Waals surface area contributed by atoms with E-state index in [9.17, 15) is 13.2 Å². The molecule has 0 aliphatic heterocycles. The Balaban J connectivity index is 1.50. The molecule has 2 heterocycles. The molecular weight excluding hydrogens is 480 g/mol. The highest BCUT2D eigenvalue weighted by atomic mass is 32.2. The second-order valence-corrected chi connectivity index (χ2v) is 11.6. The fraction of sp³-hybridized carbons (Fsp3) is 0.269. The summed E-state index contributed by atoms with van der Waals surface area (Å²) >= 11 is 1.46. The van der Waals surface area contributed by atoms with E-state index in [0.717, 1.165) is 40.7 Å². The fourth-order valence-corrected chi connectivity index (χ4v) is 6.43. The van der Waals surface area contributed by atoms with Crippen molar-refractivity contribution in [2.24, 2.45) is 0 Å². The van der Waals surface area contributed by atoms with Crippen molar-refractivity contribution in [3.63, 3.8) is 0 Å². The van der Waals surface area contributed by atoms with Crippen LogP contribution < -0.4 is 4.90 Å². The standard InChI is InChI=1S/C26H26N4O3S2/c1-3-18-7-6-9-23-24(18)28-26(34-23)30(17-20-8-4-5-16-27-20)25(31)19-10-14-22(15-11-19)35(32,33)29(2)21-12-13-21/h4-11,14-16,21H,3,12-13,17H2,1-2H3. The Morgan fingerprint density at radius 2 is 1.83 bits per heavy atom. The largest absolute Gasteiger partial charge is 0.278 e. The molecule has 1 saturated carbocycles. The highest BCUT2D eigenvalue weighted by Gasteiger charge is 2.35. The first-order valence-electron chi connectivity index (χ1n) is 11.6. The van der Waals surface area contributed by atoms with Crippen LogP contribution in [0.1, 0.15) is 41.4 Å². The molecule has 0 radical (unpaired) electrons. The summed E-state index contributed by atoms with van der Waals surface area (Å²) in [7, 11) is -1.97. The summed E-state index contributed by atoms with van der Waals surface area (Å²) in [6.07, 6.45) is 4.31. The minimum Gasteiger partial charge on any atom is -0.278 e. The number of anilines is 1. The van der Waals surface area contributed by atoms with Gasteiger partial charge in [-0.2, -0.15) is 4.31 Å². The summed E-state index contributed by atoms with van der Waals surface area (Å²) in [5, 5.41) is 0.585. The zero-order valence-corrected chi connectivity index (χ0v) is 21.2. The number of aryl methyl sites for hydroxylation is 1. The van der Waals surface area contributed by atoms with Gasteiger partial charge in [0.2, 0.25) is 10.0 Å². The number of hydrogen-bond acceptors (Lipinski definition) is 6. The van der Waals surface area contributed by atoms with Gasteiger partial charge in [-0.1, -0.05) is 36.5 Å². The lowest BCUT2D eigenvalue weighted by Crippen LogP contribution is -2.31. The first-order chi connectivity index (χ1) is 16.9. The number of rotatable bonds is 8. The molecule has 1 amide bonds. The van der Waals surface area contributed by atoms with E-state index in [2.05, 4.69) is 18.0 Å². The summed E-state index contributed by atoms with van der Waals surface area (Å²) in [4.78, 5) is 24.7. The Morgan fingerprint density at radius 3 is 2.49 bits per heavy atom. The van der Waals surface area contributed by atoms with Crippen molar-refractivity contribution in [2.75, 3.05) is 11.9 Å². The van der Waals surface area contributed by atoms with Gasteiger partial charge in [0.1, 0.15) is 0 Å². The van der Waals surface area contributed by atoms with Crippen molar-refractivity contribution in [3.8, 4) is 0 Å². The fourth-order valence-electron chi connectivity index (χ4n) is 4.00. The average Bonchev–Trinajstić information content (AvgIpc) is 3.64. The third-order valence-corrected chi connectivity index (χ3v) is 9.20. The molecule has 1 fully saturated rings. The van der Waals surface area contributed by atoms with Crippen LogP contribution in [0.2, 0.25) is 0 Å². The molecule has 35 heavy (non-hydrogen) atoms. The molecule has 0 spiro atoms. The molecule has 0 unspecified atom stereocenters. The van der Waals surface area contributed by atoms with E-state index in [0.29, 0.717) is 10.7 Å². The predicted molar refractivity (Wildman–Crippen MR) is 138 cm³/mol. The van der Waals surface area contributed by atoms with Gasteiger partial charge < -0.3 is 0 Å². The lowest BCUT2D eigenvalue weighted by atomic mass is 10.1. The first kappa shape index (κ1) is 23.6. The van der Waals surface area contributed by atoms with Crippen LogP contribution in [0, 0.1) is 0 Å². The van der Waals surface area contributed by atoms with E-state index in [1.165, 1.54) is 27.8 Å². The zero-order valence-electron chi connectivity index (χ0n) is 19.6. The number of carbonyl (C=O) groups is 1. The third-order valence-electron chi connectivity index (χ3n) is 6.23. The van der Waals surface area contributed by atoms with Crippen LogP contribution in [0.5, 0.6) is 0 Å². The highest BCUT2D eigenvalue weighted by Crippen LogP contribution is 2.33. The number of carbonyl (C=O) groups excluding carboxylic acids is 1. The quantitative estimate of drug-likeness (QED) is 0.340. The average molecular weight is 507 g/mol. The van der Waals surface area contributed by atoms with Gasteiger partial charge in [-0.25, -0.2) is 13.4 Å². The number of amides is 1. The maximum Gasteiger partial charge on any atom is 0.260 e. The molecule has 1 aliphatic rings. The van der Waals surface area contributed by atoms with Crippen molar-refractivity contribution in [1.29, 1.82) is 0 Å². The monoisotopic (exact) mass is 506 g/mol. The van der Waals surface area contributed by atoms with Gasteiger partial charge in [-0.15, -0.1) is 0 Å². The van der Waals surface area contributed by atoms with Crippen LogP contribution in [0.25, 0.3) is 10.2 Å². The van der Waals surface area contributed by atoms with Crippen molar-refractivity contribution < 1.29 is 13.2 Å². The molecule has 0 atom stereocenters. The van der Waals surface area contributed by atoms with Gasteiger partial charge in [0.15, 0.2) is 5.13 Å². The Bertz CT molecular complexity index is 1460. The number of thiazole rings is 1. The van der Waals surface area contributed by atoms with E-state index >= 15 is 0 Å². The normalized spacial score (nSPS) is 13.9. The number of aromatic nitrogens is 2. The van der Waals surface area contributed by atoms with E-state index in [4.69, 9.17) is 4.98 Å². The molecule has 1 aliphatic carbocycles. The van der Waals surface area contributed by atoms with Gasteiger partial charge in [0.25, 0.3) is 5.91 Å². The molecule has 4 aromatic rings. The molecule has 5 rings (SSSR count). The number of para-hydroxylation sites is 1. The van der Waals surface area contributed by atoms with Crippen molar-refractivity contribution in [1.82, 2.24) is 14.3 Å². The summed E-state index contributed by atoms with van der Waals surface area (Å²) in [6.45, 7) is 2.34. The summed E-state index contributed by atoms with van der Waals surface area (Å²) < 4.78 is 28.2. The first-order valence-corrected chi connectivity index (χ1v) is 13.8. The van der Waals surface area contributed by atoms with Crippen LogP contribution >= 0.6 is 11.3 Å². The summed E-state index contributed by atoms with van der Waals surface area (Å²) in [5.41, 5.74) is 3.16. The molecule has 2 aromatic heterocycles. The third kappa shape index (κ3) is 4.71. The molecule has 180 valence electrons. The van der Waals surface area contributed by atoms with Crippen molar-refractivity contribution in [3.05, 3.63) is 83.7 Å². The van der Waals surface area contributed by atoms with Gasteiger partial charge in [-0.3, -0.25) is 14.7 Å². The van der Waals surface area contributed by atoms with Gasteiger partial charge >= 0.3 is 0 Å². The second kappa shape index (κ2) is 9.49. The predicted octanol–water partition coefficient (Wildman–Crippen LogP) is 4.88. The number of pyridine rings is 1. The van der Waals surface area contributed by atoms with E-state index in [1.54, 1.807) is 30.3 Å². The van der Waals surface area contributed by atoms with Crippen LogP contribution in [0.3, 0.4) is 0 Å². The Hall–Kier alpha value is -3.14. The number of nitrogens with zero attached hydrogens (tertiary/aromatic N) is 4. The topological polar surface area (TPSA) is 83.5 Å². The maximum absolute atomic E-state index is 13.7. The van der Waals surface area contributed by atoms with Gasteiger partial charge in [0.05, 0.1) is 27.4 Å². The molecule has 0 bridgehead atoms. The Labute approximate surface area is 209 Å². The number of hydrogen-bond donors (Lipinski definition) is 0. The molecule has 2 aromatic carbocycles. The van der Waals surface area contributed by atoms with Gasteiger partial charge in [0, 0.05) is 24.8 Å². The van der Waals surface area contributed by atoms with Gasteiger partial charge in [-0.05, 0) is 67.3 Å². The van der Waals surface area contributed by atoms with Crippen molar-refractivity contribution >= 4 is 42.6 Å². The zero-order chi connectivity index (χ0) is 24.6. The molecule has 0 saturated heterocycles. The minimum absolute atomic E-state index is 0.0715. The number of benzene rings is 2. The van der Waals surface area contributed by atoms with Crippen LogP contribution in [-0.4, -0.2) is 41.7 Å². The van der Waals surface area contributed by atoms with Crippen molar-refractivity contribution in [2.45, 2.75) is 43.7 Å². The lowest BCUT2D eigenvalue weighted by molar-refractivity contribution is 0.0984. The Morgan fingerprint density at radius 1 is 1.06 bits per heavy atom. The molecular formula is C26H26N4O3S2. The summed E-state index contributed by atoms with van der Waals surface area (Å²) in [6, 6.07) is 17.9. The van der Waals surface area contributed by atoms with E-state index in [-0.39, 0.29) is 23.4 Å². The second-order valence-electron chi connectivity index (χ2n) is 8.60.